The molecule has 0 heterocycles. The lowest BCUT2D eigenvalue weighted by atomic mass is 10.1. The van der Waals surface area contributed by atoms with Crippen LogP contribution in [0, 0.1) is 0 Å². The van der Waals surface area contributed by atoms with Crippen LogP contribution in [0.3, 0.4) is 0 Å². The van der Waals surface area contributed by atoms with Crippen LogP contribution in [-0.2, 0) is 19.1 Å². The first-order chi connectivity index (χ1) is 11.9. The minimum atomic E-state index is -1.19. The SMILES string of the molecule is COC(=O)CC(NC(=O)c1cc(OC)c(OC)c(OC)c1)C(=O)OC. The highest BCUT2D eigenvalue weighted by Gasteiger charge is 2.26. The van der Waals surface area contributed by atoms with E-state index in [0.29, 0.717) is 5.75 Å². The van der Waals surface area contributed by atoms with Crippen molar-refractivity contribution >= 4 is 17.8 Å². The molecule has 1 aromatic rings. The van der Waals surface area contributed by atoms with Gasteiger partial charge in [0.25, 0.3) is 5.91 Å². The Balaban J connectivity index is 3.11. The van der Waals surface area contributed by atoms with Gasteiger partial charge in [-0.2, -0.15) is 0 Å². The van der Waals surface area contributed by atoms with Crippen molar-refractivity contribution in [3.63, 3.8) is 0 Å². The van der Waals surface area contributed by atoms with Crippen LogP contribution >= 0.6 is 0 Å². The zero-order valence-electron chi connectivity index (χ0n) is 14.7. The highest BCUT2D eigenvalue weighted by Crippen LogP contribution is 2.38. The summed E-state index contributed by atoms with van der Waals surface area (Å²) in [5, 5.41) is 2.42. The van der Waals surface area contributed by atoms with Crippen LogP contribution in [0.2, 0.25) is 0 Å². The zero-order valence-corrected chi connectivity index (χ0v) is 14.7. The van der Waals surface area contributed by atoms with Gasteiger partial charge in [-0.25, -0.2) is 4.79 Å². The first-order valence-corrected chi connectivity index (χ1v) is 7.17. The summed E-state index contributed by atoms with van der Waals surface area (Å²) in [6.45, 7) is 0. The van der Waals surface area contributed by atoms with Crippen molar-refractivity contribution in [2.75, 3.05) is 35.5 Å². The molecule has 138 valence electrons. The van der Waals surface area contributed by atoms with E-state index in [2.05, 4.69) is 14.8 Å². The van der Waals surface area contributed by atoms with Crippen LogP contribution in [0.1, 0.15) is 16.8 Å². The number of carbonyl (C=O) groups is 3. The molecule has 9 heteroatoms. The molecule has 0 spiro atoms. The number of ether oxygens (including phenoxy) is 5. The monoisotopic (exact) mass is 355 g/mol. The maximum atomic E-state index is 12.5. The van der Waals surface area contributed by atoms with Crippen molar-refractivity contribution < 1.29 is 38.1 Å². The predicted octanol–water partition coefficient (Wildman–Crippen LogP) is 0.547. The number of amides is 1. The Morgan fingerprint density at radius 3 is 1.88 bits per heavy atom. The van der Waals surface area contributed by atoms with E-state index in [1.54, 1.807) is 0 Å². The summed E-state index contributed by atoms with van der Waals surface area (Å²) >= 11 is 0. The Morgan fingerprint density at radius 1 is 0.920 bits per heavy atom. The molecule has 1 amide bonds. The molecule has 0 fully saturated rings. The lowest BCUT2D eigenvalue weighted by Gasteiger charge is -2.17. The molecule has 0 bridgehead atoms. The van der Waals surface area contributed by atoms with Gasteiger partial charge in [0.1, 0.15) is 6.04 Å². The second kappa shape index (κ2) is 9.36. The molecule has 0 aromatic heterocycles. The van der Waals surface area contributed by atoms with E-state index in [9.17, 15) is 14.4 Å². The van der Waals surface area contributed by atoms with Gasteiger partial charge in [-0.3, -0.25) is 9.59 Å². The van der Waals surface area contributed by atoms with E-state index in [1.165, 1.54) is 40.6 Å². The topological polar surface area (TPSA) is 109 Å². The van der Waals surface area contributed by atoms with Crippen LogP contribution in [0.4, 0.5) is 0 Å². The number of carbonyl (C=O) groups excluding carboxylic acids is 3. The highest BCUT2D eigenvalue weighted by atomic mass is 16.5. The summed E-state index contributed by atoms with van der Waals surface area (Å²) in [6.07, 6.45) is -0.362. The molecular weight excluding hydrogens is 334 g/mol. The minimum absolute atomic E-state index is 0.147. The standard InChI is InChI=1S/C16H21NO8/c1-21-11-6-9(7-12(22-2)14(11)24-4)15(19)17-10(16(20)25-5)8-13(18)23-3/h6-7,10H,8H2,1-5H3,(H,17,19). The third-order valence-corrected chi connectivity index (χ3v) is 3.32. The van der Waals surface area contributed by atoms with Crippen molar-refractivity contribution in [1.82, 2.24) is 5.32 Å². The first-order valence-electron chi connectivity index (χ1n) is 7.17. The maximum Gasteiger partial charge on any atom is 0.328 e. The number of hydrogen-bond acceptors (Lipinski definition) is 8. The van der Waals surface area contributed by atoms with Gasteiger partial charge in [-0.05, 0) is 12.1 Å². The Labute approximate surface area is 145 Å². The fourth-order valence-corrected chi connectivity index (χ4v) is 2.04. The third-order valence-electron chi connectivity index (χ3n) is 3.32. The molecule has 9 nitrogen and oxygen atoms in total. The van der Waals surface area contributed by atoms with Gasteiger partial charge in [0.05, 0.1) is 42.0 Å². The molecule has 0 aliphatic heterocycles. The Hall–Kier alpha value is -2.97. The Bertz CT molecular complexity index is 618. The van der Waals surface area contributed by atoms with E-state index in [1.807, 2.05) is 0 Å². The summed E-state index contributed by atoms with van der Waals surface area (Å²) in [5.41, 5.74) is 0.147. The van der Waals surface area contributed by atoms with Gasteiger partial charge >= 0.3 is 11.9 Å². The van der Waals surface area contributed by atoms with Gasteiger partial charge in [0.15, 0.2) is 11.5 Å². The van der Waals surface area contributed by atoms with Gasteiger partial charge in [0, 0.05) is 5.56 Å². The molecule has 0 aliphatic carbocycles. The summed E-state index contributed by atoms with van der Waals surface area (Å²) in [7, 11) is 6.58. The minimum Gasteiger partial charge on any atom is -0.493 e. The number of nitrogens with one attached hydrogen (secondary N) is 1. The fourth-order valence-electron chi connectivity index (χ4n) is 2.04. The number of esters is 2. The molecule has 0 saturated carbocycles. The van der Waals surface area contributed by atoms with E-state index >= 15 is 0 Å². The van der Waals surface area contributed by atoms with Crippen molar-refractivity contribution in [1.29, 1.82) is 0 Å². The Morgan fingerprint density at radius 2 is 1.48 bits per heavy atom. The van der Waals surface area contributed by atoms with Crippen molar-refractivity contribution in [2.24, 2.45) is 0 Å². The van der Waals surface area contributed by atoms with Crippen molar-refractivity contribution in [3.05, 3.63) is 17.7 Å². The number of benzene rings is 1. The third kappa shape index (κ3) is 5.00. The maximum absolute atomic E-state index is 12.5. The molecular formula is C16H21NO8. The number of hydrogen-bond donors (Lipinski definition) is 1. The van der Waals surface area contributed by atoms with Gasteiger partial charge in [0.2, 0.25) is 5.75 Å². The number of methoxy groups -OCH3 is 5. The summed E-state index contributed by atoms with van der Waals surface area (Å²) in [6, 6.07) is 1.65. The van der Waals surface area contributed by atoms with E-state index < -0.39 is 23.9 Å². The Kier molecular flexibility index (Phi) is 7.51. The largest absolute Gasteiger partial charge is 0.493 e. The molecule has 0 saturated heterocycles. The van der Waals surface area contributed by atoms with Crippen LogP contribution < -0.4 is 19.5 Å². The summed E-state index contributed by atoms with van der Waals surface area (Å²) < 4.78 is 24.6. The molecule has 1 N–H and O–H groups in total. The normalized spacial score (nSPS) is 11.1. The molecule has 1 unspecified atom stereocenters. The average Bonchev–Trinajstić information content (AvgIpc) is 2.64. The molecule has 1 rings (SSSR count). The van der Waals surface area contributed by atoms with Gasteiger partial charge < -0.3 is 29.0 Å². The van der Waals surface area contributed by atoms with Crippen LogP contribution in [-0.4, -0.2) is 59.4 Å². The van der Waals surface area contributed by atoms with Crippen molar-refractivity contribution in [2.45, 2.75) is 12.5 Å². The average molecular weight is 355 g/mol. The zero-order chi connectivity index (χ0) is 19.0. The van der Waals surface area contributed by atoms with Crippen molar-refractivity contribution in [3.8, 4) is 17.2 Å². The summed E-state index contributed by atoms with van der Waals surface area (Å²) in [5.74, 6) is -1.20. The molecule has 1 atom stereocenters. The smallest absolute Gasteiger partial charge is 0.328 e. The van der Waals surface area contributed by atoms with Crippen LogP contribution in [0.25, 0.3) is 0 Å². The highest BCUT2D eigenvalue weighted by molar-refractivity contribution is 5.98. The summed E-state index contributed by atoms with van der Waals surface area (Å²) in [4.78, 5) is 35.6. The number of rotatable bonds is 8. The molecule has 0 aliphatic rings. The lowest BCUT2D eigenvalue weighted by Crippen LogP contribution is -2.43. The van der Waals surface area contributed by atoms with E-state index in [-0.39, 0.29) is 23.5 Å². The molecule has 25 heavy (non-hydrogen) atoms. The van der Waals surface area contributed by atoms with E-state index in [4.69, 9.17) is 14.2 Å². The second-order valence-electron chi connectivity index (χ2n) is 4.74. The molecule has 0 radical (unpaired) electrons. The fraction of sp³-hybridized carbons (Fsp3) is 0.438. The predicted molar refractivity (Wildman–Crippen MR) is 86.0 cm³/mol. The van der Waals surface area contributed by atoms with Gasteiger partial charge in [-0.1, -0.05) is 0 Å². The van der Waals surface area contributed by atoms with E-state index in [0.717, 1.165) is 7.11 Å². The first kappa shape index (κ1) is 20.1. The van der Waals surface area contributed by atoms with Crippen LogP contribution in [0.5, 0.6) is 17.2 Å². The van der Waals surface area contributed by atoms with Crippen LogP contribution in [0.15, 0.2) is 12.1 Å². The van der Waals surface area contributed by atoms with Gasteiger partial charge in [-0.15, -0.1) is 0 Å². The molecule has 1 aromatic carbocycles. The quantitative estimate of drug-likeness (QED) is 0.673. The second-order valence-corrected chi connectivity index (χ2v) is 4.74. The lowest BCUT2D eigenvalue weighted by molar-refractivity contribution is -0.149.